The monoisotopic (exact) mass is 482 g/mol. The Bertz CT molecular complexity index is 1430. The van der Waals surface area contributed by atoms with Crippen LogP contribution in [0.2, 0.25) is 0 Å². The lowest BCUT2D eigenvalue weighted by molar-refractivity contribution is 0.393. The van der Waals surface area contributed by atoms with Gasteiger partial charge in [0.1, 0.15) is 11.2 Å². The molecular formula is C27H26N6OS. The van der Waals surface area contributed by atoms with Crippen LogP contribution in [0.5, 0.6) is 5.75 Å². The fourth-order valence-corrected chi connectivity index (χ4v) is 4.97. The smallest absolute Gasteiger partial charge is 0.174 e. The number of methoxy groups -OCH3 is 1. The molecule has 0 bridgehead atoms. The maximum absolute atomic E-state index is 10.3. The van der Waals surface area contributed by atoms with Crippen molar-refractivity contribution in [2.24, 2.45) is 0 Å². The summed E-state index contributed by atoms with van der Waals surface area (Å²) >= 11 is 1.69. The number of nitriles is 1. The van der Waals surface area contributed by atoms with E-state index in [9.17, 15) is 5.26 Å². The molecule has 35 heavy (non-hydrogen) atoms. The lowest BCUT2D eigenvalue weighted by atomic mass is 9.75. The van der Waals surface area contributed by atoms with E-state index in [0.29, 0.717) is 11.6 Å². The van der Waals surface area contributed by atoms with E-state index in [2.05, 4.69) is 23.2 Å². The van der Waals surface area contributed by atoms with Crippen molar-refractivity contribution in [3.05, 3.63) is 83.5 Å². The Balaban J connectivity index is 1.45. The third-order valence-corrected chi connectivity index (χ3v) is 7.13. The molecule has 0 amide bonds. The molecule has 1 atom stereocenters. The topological polar surface area (TPSA) is 81.5 Å². The van der Waals surface area contributed by atoms with Gasteiger partial charge in [0.25, 0.3) is 0 Å². The minimum absolute atomic E-state index is 0.593. The van der Waals surface area contributed by atoms with Gasteiger partial charge >= 0.3 is 0 Å². The highest BCUT2D eigenvalue weighted by atomic mass is 32.2. The van der Waals surface area contributed by atoms with Crippen molar-refractivity contribution in [1.29, 1.82) is 5.26 Å². The number of ether oxygens (including phenoxy) is 1. The Hall–Kier alpha value is -3.83. The van der Waals surface area contributed by atoms with Crippen molar-refractivity contribution in [2.75, 3.05) is 13.4 Å². The zero-order chi connectivity index (χ0) is 24.4. The molecule has 0 spiro atoms. The molecule has 1 aliphatic rings. The number of aromatic nitrogens is 5. The third kappa shape index (κ3) is 4.24. The summed E-state index contributed by atoms with van der Waals surface area (Å²) in [7, 11) is 1.66. The average molecular weight is 483 g/mol. The Kier molecular flexibility index (Phi) is 6.18. The van der Waals surface area contributed by atoms with E-state index in [1.807, 2.05) is 71.1 Å². The molecule has 176 valence electrons. The summed E-state index contributed by atoms with van der Waals surface area (Å²) in [4.78, 5) is 10.3. The van der Waals surface area contributed by atoms with Gasteiger partial charge in [0.2, 0.25) is 0 Å². The van der Waals surface area contributed by atoms with E-state index < -0.39 is 5.41 Å². The number of aryl methyl sites for hydroxylation is 2. The van der Waals surface area contributed by atoms with E-state index in [1.54, 1.807) is 25.2 Å². The maximum atomic E-state index is 10.3. The van der Waals surface area contributed by atoms with Crippen molar-refractivity contribution in [2.45, 2.75) is 36.6 Å². The first kappa shape index (κ1) is 22.9. The zero-order valence-electron chi connectivity index (χ0n) is 20.0. The summed E-state index contributed by atoms with van der Waals surface area (Å²) in [5.41, 5.74) is 3.01. The van der Waals surface area contributed by atoms with Gasteiger partial charge in [0.05, 0.1) is 30.9 Å². The highest BCUT2D eigenvalue weighted by Gasteiger charge is 2.42. The van der Waals surface area contributed by atoms with E-state index >= 15 is 0 Å². The first-order chi connectivity index (χ1) is 17.1. The van der Waals surface area contributed by atoms with Crippen LogP contribution in [-0.2, 0) is 12.0 Å². The summed E-state index contributed by atoms with van der Waals surface area (Å²) in [5.74, 6) is 2.06. The fraction of sp³-hybridized carbons (Fsp3) is 0.259. The Morgan fingerprint density at radius 1 is 1.17 bits per heavy atom. The molecule has 8 heteroatoms. The van der Waals surface area contributed by atoms with Crippen molar-refractivity contribution >= 4 is 23.9 Å². The van der Waals surface area contributed by atoms with Crippen LogP contribution >= 0.6 is 11.8 Å². The second-order valence-electron chi connectivity index (χ2n) is 8.55. The van der Waals surface area contributed by atoms with E-state index in [0.717, 1.165) is 47.6 Å². The second kappa shape index (κ2) is 9.43. The summed E-state index contributed by atoms with van der Waals surface area (Å²) in [6.45, 7) is 2.72. The number of benzene rings is 2. The van der Waals surface area contributed by atoms with Crippen molar-refractivity contribution in [3.63, 3.8) is 0 Å². The number of nitrogens with zero attached hydrogens (tertiary/aromatic N) is 6. The summed E-state index contributed by atoms with van der Waals surface area (Å²) < 4.78 is 9.45. The Morgan fingerprint density at radius 3 is 2.69 bits per heavy atom. The third-order valence-electron chi connectivity index (χ3n) is 6.38. The first-order valence-electron chi connectivity index (χ1n) is 11.4. The summed E-state index contributed by atoms with van der Waals surface area (Å²) in [6, 6.07) is 16.8. The number of hydrogen-bond donors (Lipinski definition) is 0. The maximum Gasteiger partial charge on any atom is 0.174 e. The van der Waals surface area contributed by atoms with Crippen LogP contribution < -0.4 is 4.74 Å². The van der Waals surface area contributed by atoms with Gasteiger partial charge in [-0.2, -0.15) is 10.4 Å². The zero-order valence-corrected chi connectivity index (χ0v) is 20.8. The lowest BCUT2D eigenvalue weighted by Crippen LogP contribution is -2.34. The van der Waals surface area contributed by atoms with Gasteiger partial charge in [0, 0.05) is 17.6 Å². The molecule has 0 saturated carbocycles. The normalized spacial score (nSPS) is 17.3. The molecular weight excluding hydrogens is 456 g/mol. The molecule has 5 rings (SSSR count). The van der Waals surface area contributed by atoms with Gasteiger partial charge in [-0.25, -0.2) is 14.6 Å². The average Bonchev–Trinajstić information content (AvgIpc) is 3.53. The molecule has 0 aliphatic carbocycles. The minimum atomic E-state index is -0.790. The standard InChI is InChI=1S/C27H26N6OS/c1-19-16-32(18-29-19)23-11-5-20(15-24(23)34-2)6-12-25-30-26-27(17-28,13-4-14-33(26)31-25)21-7-9-22(35-3)10-8-21/h5-12,15-16,18H,4,13-14H2,1-3H3/t27-/m0/s1. The molecule has 0 fully saturated rings. The van der Waals surface area contributed by atoms with Gasteiger partial charge in [0.15, 0.2) is 11.6 Å². The van der Waals surface area contributed by atoms with Crippen LogP contribution in [-0.4, -0.2) is 37.7 Å². The van der Waals surface area contributed by atoms with Crippen LogP contribution in [0, 0.1) is 18.3 Å². The predicted molar refractivity (Wildman–Crippen MR) is 138 cm³/mol. The van der Waals surface area contributed by atoms with Crippen molar-refractivity contribution in [1.82, 2.24) is 24.3 Å². The molecule has 0 N–H and O–H groups in total. The molecule has 0 radical (unpaired) electrons. The molecule has 0 unspecified atom stereocenters. The van der Waals surface area contributed by atoms with E-state index in [-0.39, 0.29) is 0 Å². The van der Waals surface area contributed by atoms with Crippen LogP contribution in [0.15, 0.2) is 59.9 Å². The quantitative estimate of drug-likeness (QED) is 0.348. The fourth-order valence-electron chi connectivity index (χ4n) is 4.56. The predicted octanol–water partition coefficient (Wildman–Crippen LogP) is 5.28. The number of imidazole rings is 1. The van der Waals surface area contributed by atoms with Gasteiger partial charge in [-0.05, 0) is 67.5 Å². The highest BCUT2D eigenvalue weighted by molar-refractivity contribution is 7.98. The van der Waals surface area contributed by atoms with Crippen molar-refractivity contribution < 1.29 is 4.74 Å². The number of thioether (sulfide) groups is 1. The van der Waals surface area contributed by atoms with E-state index in [4.69, 9.17) is 14.8 Å². The first-order valence-corrected chi connectivity index (χ1v) is 12.7. The van der Waals surface area contributed by atoms with Gasteiger partial charge in [-0.1, -0.05) is 24.3 Å². The Morgan fingerprint density at radius 2 is 2.00 bits per heavy atom. The van der Waals surface area contributed by atoms with E-state index in [1.165, 1.54) is 4.90 Å². The largest absolute Gasteiger partial charge is 0.495 e. The molecule has 0 saturated heterocycles. The SMILES string of the molecule is COc1cc(C=Cc2nc3n(n2)CCC[C@]3(C#N)c2ccc(SC)cc2)ccc1-n1cnc(C)c1. The van der Waals surface area contributed by atoms with Crippen LogP contribution in [0.1, 0.15) is 41.3 Å². The molecule has 2 aromatic heterocycles. The van der Waals surface area contributed by atoms with Gasteiger partial charge < -0.3 is 9.30 Å². The van der Waals surface area contributed by atoms with Gasteiger partial charge in [-0.15, -0.1) is 11.8 Å². The summed E-state index contributed by atoms with van der Waals surface area (Å²) in [6.07, 6.45) is 11.3. The van der Waals surface area contributed by atoms with Crippen LogP contribution in [0.3, 0.4) is 0 Å². The number of rotatable bonds is 6. The molecule has 4 aromatic rings. The molecule has 1 aliphatic heterocycles. The highest BCUT2D eigenvalue weighted by Crippen LogP contribution is 2.39. The van der Waals surface area contributed by atoms with Crippen molar-refractivity contribution in [3.8, 4) is 17.5 Å². The summed E-state index contributed by atoms with van der Waals surface area (Å²) in [5, 5.41) is 15.0. The second-order valence-corrected chi connectivity index (χ2v) is 9.43. The van der Waals surface area contributed by atoms with Gasteiger partial charge in [-0.3, -0.25) is 0 Å². The van der Waals surface area contributed by atoms with Crippen LogP contribution in [0.25, 0.3) is 17.8 Å². The lowest BCUT2D eigenvalue weighted by Gasteiger charge is -2.30. The molecule has 2 aromatic carbocycles. The van der Waals surface area contributed by atoms with Crippen LogP contribution in [0.4, 0.5) is 0 Å². The Labute approximate surface area is 209 Å². The molecule has 3 heterocycles. The minimum Gasteiger partial charge on any atom is -0.495 e. The molecule has 7 nitrogen and oxygen atoms in total. The number of hydrogen-bond acceptors (Lipinski definition) is 6. The number of fused-ring (bicyclic) bond motifs is 1.